The van der Waals surface area contributed by atoms with E-state index < -0.39 is 6.04 Å². The molecule has 6 nitrogen and oxygen atoms in total. The SMILES string of the molecule is CC[C@@H](C)[C@H](N=[N+]=[N-])C(=O)NCCOC. The molecule has 6 heteroatoms. The van der Waals surface area contributed by atoms with Crippen LogP contribution in [0.3, 0.4) is 0 Å². The molecule has 0 unspecified atom stereocenters. The topological polar surface area (TPSA) is 87.1 Å². The van der Waals surface area contributed by atoms with Crippen molar-refractivity contribution in [2.75, 3.05) is 20.3 Å². The third-order valence-electron chi connectivity index (χ3n) is 2.23. The van der Waals surface area contributed by atoms with E-state index in [1.165, 1.54) is 0 Å². The summed E-state index contributed by atoms with van der Waals surface area (Å²) in [5.74, 6) is -0.192. The van der Waals surface area contributed by atoms with Crippen LogP contribution in [-0.2, 0) is 9.53 Å². The smallest absolute Gasteiger partial charge is 0.229 e. The van der Waals surface area contributed by atoms with Crippen LogP contribution in [0.15, 0.2) is 5.11 Å². The monoisotopic (exact) mass is 214 g/mol. The van der Waals surface area contributed by atoms with Crippen molar-refractivity contribution in [3.63, 3.8) is 0 Å². The molecule has 0 aliphatic rings. The van der Waals surface area contributed by atoms with Gasteiger partial charge in [0.1, 0.15) is 6.04 Å². The van der Waals surface area contributed by atoms with Gasteiger partial charge in [-0.05, 0) is 11.4 Å². The Morgan fingerprint density at radius 1 is 1.67 bits per heavy atom. The van der Waals surface area contributed by atoms with E-state index in [0.29, 0.717) is 13.2 Å². The highest BCUT2D eigenvalue weighted by Crippen LogP contribution is 2.11. The zero-order chi connectivity index (χ0) is 11.7. The molecule has 0 aromatic heterocycles. The number of hydrogen-bond acceptors (Lipinski definition) is 3. The van der Waals surface area contributed by atoms with Gasteiger partial charge in [-0.25, -0.2) is 0 Å². The normalized spacial score (nSPS) is 13.8. The summed E-state index contributed by atoms with van der Waals surface area (Å²) in [6.07, 6.45) is 0.793. The number of nitrogens with zero attached hydrogens (tertiary/aromatic N) is 3. The van der Waals surface area contributed by atoms with Gasteiger partial charge in [0.15, 0.2) is 0 Å². The number of ether oxygens (including phenoxy) is 1. The van der Waals surface area contributed by atoms with E-state index in [0.717, 1.165) is 6.42 Å². The van der Waals surface area contributed by atoms with Crippen molar-refractivity contribution in [3.05, 3.63) is 10.4 Å². The predicted octanol–water partition coefficient (Wildman–Crippen LogP) is 1.47. The molecule has 0 rings (SSSR count). The third kappa shape index (κ3) is 5.24. The zero-order valence-electron chi connectivity index (χ0n) is 9.43. The predicted molar refractivity (Wildman–Crippen MR) is 57.3 cm³/mol. The molecule has 0 fully saturated rings. The van der Waals surface area contributed by atoms with Crippen molar-refractivity contribution in [3.8, 4) is 0 Å². The summed E-state index contributed by atoms with van der Waals surface area (Å²) in [4.78, 5) is 14.3. The number of carbonyl (C=O) groups is 1. The molecule has 0 radical (unpaired) electrons. The van der Waals surface area contributed by atoms with Crippen LogP contribution in [0.4, 0.5) is 0 Å². The molecule has 0 saturated carbocycles. The number of azide groups is 1. The lowest BCUT2D eigenvalue weighted by molar-refractivity contribution is -0.123. The van der Waals surface area contributed by atoms with Crippen molar-refractivity contribution >= 4 is 5.91 Å². The minimum atomic E-state index is -0.628. The van der Waals surface area contributed by atoms with Gasteiger partial charge in [-0.3, -0.25) is 4.79 Å². The zero-order valence-corrected chi connectivity index (χ0v) is 9.43. The van der Waals surface area contributed by atoms with Gasteiger partial charge in [0.25, 0.3) is 0 Å². The maximum absolute atomic E-state index is 11.6. The number of nitrogens with one attached hydrogen (secondary N) is 1. The van der Waals surface area contributed by atoms with Crippen LogP contribution < -0.4 is 5.32 Å². The van der Waals surface area contributed by atoms with Gasteiger partial charge in [0.05, 0.1) is 6.61 Å². The van der Waals surface area contributed by atoms with Crippen LogP contribution in [0, 0.1) is 5.92 Å². The van der Waals surface area contributed by atoms with Gasteiger partial charge in [-0.2, -0.15) is 0 Å². The van der Waals surface area contributed by atoms with Gasteiger partial charge < -0.3 is 10.1 Å². The number of amides is 1. The molecule has 86 valence electrons. The summed E-state index contributed by atoms with van der Waals surface area (Å²) in [5, 5.41) is 6.16. The van der Waals surface area contributed by atoms with Gasteiger partial charge in [0.2, 0.25) is 5.91 Å². The lowest BCUT2D eigenvalue weighted by Gasteiger charge is -2.17. The van der Waals surface area contributed by atoms with Crippen LogP contribution in [0.2, 0.25) is 0 Å². The number of carbonyl (C=O) groups excluding carboxylic acids is 1. The fourth-order valence-electron chi connectivity index (χ4n) is 1.08. The molecule has 1 amide bonds. The van der Waals surface area contributed by atoms with E-state index in [1.54, 1.807) is 7.11 Å². The fraction of sp³-hybridized carbons (Fsp3) is 0.889. The Hall–Kier alpha value is -1.26. The van der Waals surface area contributed by atoms with Crippen LogP contribution >= 0.6 is 0 Å². The van der Waals surface area contributed by atoms with E-state index in [9.17, 15) is 4.79 Å². The summed E-state index contributed by atoms with van der Waals surface area (Å²) in [5.41, 5.74) is 8.36. The third-order valence-corrected chi connectivity index (χ3v) is 2.23. The van der Waals surface area contributed by atoms with Crippen LogP contribution in [0.25, 0.3) is 10.4 Å². The highest BCUT2D eigenvalue weighted by Gasteiger charge is 2.21. The molecule has 1 N–H and O–H groups in total. The second kappa shape index (κ2) is 8.08. The standard InChI is InChI=1S/C9H18N4O2/c1-4-7(2)8(12-13-10)9(14)11-5-6-15-3/h7-8H,4-6H2,1-3H3,(H,11,14)/t7-,8+/m1/s1. The van der Waals surface area contributed by atoms with Crippen LogP contribution in [0.5, 0.6) is 0 Å². The summed E-state index contributed by atoms with van der Waals surface area (Å²) in [6.45, 7) is 4.72. The van der Waals surface area contributed by atoms with Crippen molar-refractivity contribution in [2.45, 2.75) is 26.3 Å². The minimum absolute atomic E-state index is 0.0449. The number of methoxy groups -OCH3 is 1. The lowest BCUT2D eigenvalue weighted by atomic mass is 9.99. The first kappa shape index (κ1) is 13.7. The van der Waals surface area contributed by atoms with Gasteiger partial charge in [-0.1, -0.05) is 25.4 Å². The Balaban J connectivity index is 4.23. The van der Waals surface area contributed by atoms with Crippen molar-refractivity contribution in [1.29, 1.82) is 0 Å². The summed E-state index contributed by atoms with van der Waals surface area (Å²) in [7, 11) is 1.56. The van der Waals surface area contributed by atoms with Gasteiger partial charge in [0, 0.05) is 18.6 Å². The van der Waals surface area contributed by atoms with E-state index in [4.69, 9.17) is 10.3 Å². The second-order valence-electron chi connectivity index (χ2n) is 3.32. The van der Waals surface area contributed by atoms with Gasteiger partial charge in [-0.15, -0.1) is 0 Å². The Labute approximate surface area is 89.6 Å². The molecule has 0 aromatic rings. The van der Waals surface area contributed by atoms with Gasteiger partial charge >= 0.3 is 0 Å². The lowest BCUT2D eigenvalue weighted by Crippen LogP contribution is -2.38. The van der Waals surface area contributed by atoms with Crippen molar-refractivity contribution in [2.24, 2.45) is 11.0 Å². The molecule has 0 aliphatic carbocycles. The molecule has 0 aromatic carbocycles. The first-order valence-corrected chi connectivity index (χ1v) is 4.98. The number of rotatable bonds is 7. The second-order valence-corrected chi connectivity index (χ2v) is 3.32. The van der Waals surface area contributed by atoms with E-state index in [1.807, 2.05) is 13.8 Å². The van der Waals surface area contributed by atoms with Crippen LogP contribution in [-0.4, -0.2) is 32.2 Å². The van der Waals surface area contributed by atoms with Crippen molar-refractivity contribution < 1.29 is 9.53 Å². The van der Waals surface area contributed by atoms with E-state index >= 15 is 0 Å². The molecule has 0 heterocycles. The highest BCUT2D eigenvalue weighted by atomic mass is 16.5. The highest BCUT2D eigenvalue weighted by molar-refractivity contribution is 5.82. The Kier molecular flexibility index (Phi) is 7.40. The number of hydrogen-bond donors (Lipinski definition) is 1. The molecular formula is C9H18N4O2. The maximum Gasteiger partial charge on any atom is 0.229 e. The first-order chi connectivity index (χ1) is 7.17. The molecule has 0 saturated heterocycles. The minimum Gasteiger partial charge on any atom is -0.383 e. The van der Waals surface area contributed by atoms with E-state index in [-0.39, 0.29) is 11.8 Å². The fourth-order valence-corrected chi connectivity index (χ4v) is 1.08. The molecular weight excluding hydrogens is 196 g/mol. The van der Waals surface area contributed by atoms with Crippen molar-refractivity contribution in [1.82, 2.24) is 5.32 Å². The molecule has 0 bridgehead atoms. The average molecular weight is 214 g/mol. The average Bonchev–Trinajstić information content (AvgIpc) is 2.25. The Bertz CT molecular complexity index is 238. The maximum atomic E-state index is 11.6. The van der Waals surface area contributed by atoms with E-state index in [2.05, 4.69) is 15.3 Å². The first-order valence-electron chi connectivity index (χ1n) is 4.98. The summed E-state index contributed by atoms with van der Waals surface area (Å²) >= 11 is 0. The Morgan fingerprint density at radius 3 is 2.80 bits per heavy atom. The molecule has 0 spiro atoms. The molecule has 2 atom stereocenters. The summed E-state index contributed by atoms with van der Waals surface area (Å²) in [6, 6.07) is -0.628. The molecule has 15 heavy (non-hydrogen) atoms. The quantitative estimate of drug-likeness (QED) is 0.301. The molecule has 0 aliphatic heterocycles. The Morgan fingerprint density at radius 2 is 2.33 bits per heavy atom. The van der Waals surface area contributed by atoms with Crippen LogP contribution in [0.1, 0.15) is 20.3 Å². The largest absolute Gasteiger partial charge is 0.383 e. The summed E-state index contributed by atoms with van der Waals surface area (Å²) < 4.78 is 4.80.